The zero-order valence-corrected chi connectivity index (χ0v) is 16.2. The molecule has 1 aliphatic heterocycles. The van der Waals surface area contributed by atoms with E-state index in [4.69, 9.17) is 5.73 Å². The summed E-state index contributed by atoms with van der Waals surface area (Å²) in [4.78, 5) is 18.3. The van der Waals surface area contributed by atoms with Gasteiger partial charge in [-0.05, 0) is 41.3 Å². The number of hydrogen-bond donors (Lipinski definition) is 2. The standard InChI is InChI=1S/C23H21F2N3O2/c24-15-6-7-16(19(25)10-15)18-11-20(23(26)30)27-21-12-28(9-8-17(18)21)22(13-29)14-4-2-1-3-5-14/h1-7,10-11,22,29H,8-9,12-13H2,(H2,26,30). The molecule has 0 fully saturated rings. The van der Waals surface area contributed by atoms with E-state index in [0.717, 1.165) is 17.2 Å². The Morgan fingerprint density at radius 1 is 1.13 bits per heavy atom. The molecular weight excluding hydrogens is 388 g/mol. The van der Waals surface area contributed by atoms with Crippen molar-refractivity contribution in [1.82, 2.24) is 9.88 Å². The van der Waals surface area contributed by atoms with Crippen LogP contribution in [0.1, 0.15) is 33.4 Å². The maximum atomic E-state index is 14.5. The predicted octanol–water partition coefficient (Wildman–Crippen LogP) is 3.22. The Morgan fingerprint density at radius 3 is 2.57 bits per heavy atom. The Bertz CT molecular complexity index is 1090. The van der Waals surface area contributed by atoms with Crippen LogP contribution in [0.2, 0.25) is 0 Å². The van der Waals surface area contributed by atoms with Gasteiger partial charge in [0.05, 0.1) is 18.3 Å². The molecule has 5 nitrogen and oxygen atoms in total. The molecule has 3 aromatic rings. The number of carbonyl (C=O) groups is 1. The van der Waals surface area contributed by atoms with Gasteiger partial charge in [0.2, 0.25) is 0 Å². The minimum atomic E-state index is -0.722. The minimum Gasteiger partial charge on any atom is -0.394 e. The van der Waals surface area contributed by atoms with Gasteiger partial charge in [-0.25, -0.2) is 13.8 Å². The molecule has 4 rings (SSSR count). The second kappa shape index (κ2) is 8.30. The number of nitrogens with two attached hydrogens (primary N) is 1. The van der Waals surface area contributed by atoms with Gasteiger partial charge < -0.3 is 10.8 Å². The number of pyridine rings is 1. The quantitative estimate of drug-likeness (QED) is 0.678. The summed E-state index contributed by atoms with van der Waals surface area (Å²) in [5.74, 6) is -2.10. The van der Waals surface area contributed by atoms with Crippen molar-refractivity contribution in [3.05, 3.63) is 88.7 Å². The molecule has 0 saturated carbocycles. The summed E-state index contributed by atoms with van der Waals surface area (Å²) in [5.41, 5.74) is 8.55. The van der Waals surface area contributed by atoms with Crippen molar-refractivity contribution < 1.29 is 18.7 Å². The van der Waals surface area contributed by atoms with E-state index >= 15 is 0 Å². The highest BCUT2D eigenvalue weighted by Gasteiger charge is 2.28. The van der Waals surface area contributed by atoms with E-state index in [1.165, 1.54) is 18.2 Å². The van der Waals surface area contributed by atoms with E-state index in [1.807, 2.05) is 30.3 Å². The van der Waals surface area contributed by atoms with Gasteiger partial charge in [-0.3, -0.25) is 9.69 Å². The number of halogens is 2. The molecule has 0 bridgehead atoms. The van der Waals surface area contributed by atoms with Crippen LogP contribution in [0, 0.1) is 11.6 Å². The Morgan fingerprint density at radius 2 is 1.90 bits per heavy atom. The van der Waals surface area contributed by atoms with Crippen LogP contribution in [0.25, 0.3) is 11.1 Å². The monoisotopic (exact) mass is 409 g/mol. The second-order valence-corrected chi connectivity index (χ2v) is 7.30. The lowest BCUT2D eigenvalue weighted by Crippen LogP contribution is -2.37. The number of benzene rings is 2. The molecule has 1 aliphatic rings. The van der Waals surface area contributed by atoms with Crippen LogP contribution in [0.5, 0.6) is 0 Å². The molecule has 30 heavy (non-hydrogen) atoms. The largest absolute Gasteiger partial charge is 0.394 e. The average Bonchev–Trinajstić information content (AvgIpc) is 2.74. The first-order chi connectivity index (χ1) is 14.5. The summed E-state index contributed by atoms with van der Waals surface area (Å²) in [6.45, 7) is 0.904. The summed E-state index contributed by atoms with van der Waals surface area (Å²) in [5, 5.41) is 10.00. The Hall–Kier alpha value is -3.16. The predicted molar refractivity (Wildman–Crippen MR) is 108 cm³/mol. The first-order valence-electron chi connectivity index (χ1n) is 9.65. The molecule has 2 aromatic carbocycles. The molecule has 7 heteroatoms. The molecule has 3 N–H and O–H groups in total. The highest BCUT2D eigenvalue weighted by molar-refractivity contribution is 5.92. The third-order valence-corrected chi connectivity index (χ3v) is 5.48. The first-order valence-corrected chi connectivity index (χ1v) is 9.65. The molecule has 1 amide bonds. The van der Waals surface area contributed by atoms with Crippen molar-refractivity contribution >= 4 is 5.91 Å². The van der Waals surface area contributed by atoms with Crippen LogP contribution < -0.4 is 5.73 Å². The Balaban J connectivity index is 1.77. The molecular formula is C23H21F2N3O2. The molecule has 0 radical (unpaired) electrons. The number of carbonyl (C=O) groups excluding carboxylic acids is 1. The zero-order chi connectivity index (χ0) is 21.3. The van der Waals surface area contributed by atoms with E-state index in [1.54, 1.807) is 0 Å². The summed E-state index contributed by atoms with van der Waals surface area (Å²) >= 11 is 0. The fourth-order valence-corrected chi connectivity index (χ4v) is 4.01. The third-order valence-electron chi connectivity index (χ3n) is 5.48. The number of amides is 1. The van der Waals surface area contributed by atoms with Crippen LogP contribution >= 0.6 is 0 Å². The van der Waals surface area contributed by atoms with Crippen LogP contribution in [0.3, 0.4) is 0 Å². The van der Waals surface area contributed by atoms with E-state index in [2.05, 4.69) is 9.88 Å². The average molecular weight is 409 g/mol. The molecule has 2 heterocycles. The van der Waals surface area contributed by atoms with Crippen molar-refractivity contribution in [1.29, 1.82) is 0 Å². The van der Waals surface area contributed by atoms with Gasteiger partial charge in [-0.15, -0.1) is 0 Å². The van der Waals surface area contributed by atoms with Gasteiger partial charge in [0.1, 0.15) is 17.3 Å². The highest BCUT2D eigenvalue weighted by Crippen LogP contribution is 2.34. The fourth-order valence-electron chi connectivity index (χ4n) is 4.01. The van der Waals surface area contributed by atoms with Crippen molar-refractivity contribution in [3.63, 3.8) is 0 Å². The molecule has 1 unspecified atom stereocenters. The maximum absolute atomic E-state index is 14.5. The fraction of sp³-hybridized carbons (Fsp3) is 0.217. The van der Waals surface area contributed by atoms with Crippen LogP contribution in [-0.2, 0) is 13.0 Å². The summed E-state index contributed by atoms with van der Waals surface area (Å²) in [6.07, 6.45) is 0.539. The number of nitrogens with zero attached hydrogens (tertiary/aromatic N) is 2. The first kappa shape index (κ1) is 20.1. The molecule has 0 saturated heterocycles. The normalized spacial score (nSPS) is 14.9. The minimum absolute atomic E-state index is 0.0228. The molecule has 0 aliphatic carbocycles. The number of fused-ring (bicyclic) bond motifs is 1. The molecule has 1 aromatic heterocycles. The molecule has 0 spiro atoms. The van der Waals surface area contributed by atoms with Crippen molar-refractivity contribution in [2.75, 3.05) is 13.2 Å². The van der Waals surface area contributed by atoms with Gasteiger partial charge in [0.25, 0.3) is 5.91 Å². The third kappa shape index (κ3) is 3.81. The molecule has 154 valence electrons. The van der Waals surface area contributed by atoms with Crippen LogP contribution in [0.4, 0.5) is 8.78 Å². The topological polar surface area (TPSA) is 79.5 Å². The van der Waals surface area contributed by atoms with E-state index < -0.39 is 17.5 Å². The smallest absolute Gasteiger partial charge is 0.267 e. The lowest BCUT2D eigenvalue weighted by atomic mass is 9.91. The van der Waals surface area contributed by atoms with Gasteiger partial charge in [0.15, 0.2) is 0 Å². The van der Waals surface area contributed by atoms with Gasteiger partial charge in [-0.1, -0.05) is 30.3 Å². The number of rotatable bonds is 5. The van der Waals surface area contributed by atoms with E-state index in [9.17, 15) is 18.7 Å². The number of aliphatic hydroxyl groups is 1. The Labute approximate surface area is 172 Å². The van der Waals surface area contributed by atoms with Crippen LogP contribution in [0.15, 0.2) is 54.6 Å². The number of aromatic nitrogens is 1. The second-order valence-electron chi connectivity index (χ2n) is 7.30. The zero-order valence-electron chi connectivity index (χ0n) is 16.2. The highest BCUT2D eigenvalue weighted by atomic mass is 19.1. The Kier molecular flexibility index (Phi) is 5.57. The van der Waals surface area contributed by atoms with Crippen molar-refractivity contribution in [2.45, 2.75) is 19.0 Å². The maximum Gasteiger partial charge on any atom is 0.267 e. The number of primary amides is 1. The lowest BCUT2D eigenvalue weighted by molar-refractivity contribution is 0.0989. The summed E-state index contributed by atoms with van der Waals surface area (Å²) < 4.78 is 27.9. The number of hydrogen-bond acceptors (Lipinski definition) is 4. The molecule has 1 atom stereocenters. The van der Waals surface area contributed by atoms with Crippen molar-refractivity contribution in [3.8, 4) is 11.1 Å². The SMILES string of the molecule is NC(=O)c1cc(-c2ccc(F)cc2F)c2c(n1)CN(C(CO)c1ccccc1)CC2. The van der Waals surface area contributed by atoms with Gasteiger partial charge in [-0.2, -0.15) is 0 Å². The van der Waals surface area contributed by atoms with Crippen molar-refractivity contribution in [2.24, 2.45) is 5.73 Å². The van der Waals surface area contributed by atoms with Crippen LogP contribution in [-0.4, -0.2) is 34.0 Å². The lowest BCUT2D eigenvalue weighted by Gasteiger charge is -2.35. The van der Waals surface area contributed by atoms with E-state index in [0.29, 0.717) is 30.8 Å². The van der Waals surface area contributed by atoms with E-state index in [-0.39, 0.29) is 23.9 Å². The van der Waals surface area contributed by atoms with Gasteiger partial charge >= 0.3 is 0 Å². The summed E-state index contributed by atoms with van der Waals surface area (Å²) in [7, 11) is 0. The summed E-state index contributed by atoms with van der Waals surface area (Å²) in [6, 6.07) is 14.2. The van der Waals surface area contributed by atoms with Gasteiger partial charge in [0, 0.05) is 24.7 Å². The number of aliphatic hydroxyl groups excluding tert-OH is 1.